The van der Waals surface area contributed by atoms with Crippen LogP contribution in [0, 0.1) is 12.8 Å². The minimum atomic E-state index is -2.60. The van der Waals surface area contributed by atoms with E-state index in [-0.39, 0.29) is 21.7 Å². The number of rotatable bonds is 5. The molecule has 4 nitrogen and oxygen atoms in total. The number of carbonyl (C=O) groups excluding carboxylic acids is 1. The van der Waals surface area contributed by atoms with E-state index in [0.29, 0.717) is 30.3 Å². The molecule has 26 heavy (non-hydrogen) atoms. The van der Waals surface area contributed by atoms with E-state index < -0.39 is 5.76 Å². The molecule has 1 aromatic carbocycles. The minimum absolute atomic E-state index is 0.154. The first-order valence-corrected chi connectivity index (χ1v) is 10.3. The van der Waals surface area contributed by atoms with Gasteiger partial charge in [0.15, 0.2) is 5.13 Å². The van der Waals surface area contributed by atoms with Crippen LogP contribution in [0.4, 0.5) is 19.6 Å². The monoisotopic (exact) mass is 417 g/mol. The number of thiazole rings is 1. The molecule has 1 aliphatic rings. The van der Waals surface area contributed by atoms with Gasteiger partial charge in [0.05, 0.1) is 21.3 Å². The zero-order valence-electron chi connectivity index (χ0n) is 14.0. The molecule has 0 atom stereocenters. The van der Waals surface area contributed by atoms with Crippen LogP contribution in [-0.2, 0) is 4.79 Å². The lowest BCUT2D eigenvalue weighted by Crippen LogP contribution is -2.38. The first-order valence-electron chi connectivity index (χ1n) is 8.15. The molecule has 3 rings (SSSR count). The van der Waals surface area contributed by atoms with Crippen LogP contribution >= 0.6 is 34.7 Å². The smallest absolute Gasteiger partial charge is 0.289 e. The van der Waals surface area contributed by atoms with Gasteiger partial charge in [-0.2, -0.15) is 8.78 Å². The standard InChI is InChI=1S/C17H18ClF2N3OS2/c1-10-9-25-17(21-10)23-7-5-11(6-8-23)15(24)22-13-4-2-3-12(18)14(13)26-16(19)20/h2-4,9,11,16H,5-8H2,1H3,(H,22,24). The number of anilines is 2. The fourth-order valence-electron chi connectivity index (χ4n) is 2.87. The van der Waals surface area contributed by atoms with Crippen molar-refractivity contribution in [2.45, 2.75) is 30.4 Å². The van der Waals surface area contributed by atoms with Crippen molar-refractivity contribution in [3.63, 3.8) is 0 Å². The van der Waals surface area contributed by atoms with Crippen LogP contribution < -0.4 is 10.2 Å². The Bertz CT molecular complexity index is 779. The van der Waals surface area contributed by atoms with Crippen molar-refractivity contribution >= 4 is 51.4 Å². The SMILES string of the molecule is Cc1csc(N2CCC(C(=O)Nc3cccc(Cl)c3SC(F)F)CC2)n1. The van der Waals surface area contributed by atoms with Crippen LogP contribution in [0.2, 0.25) is 5.02 Å². The van der Waals surface area contributed by atoms with Crippen LogP contribution in [0.25, 0.3) is 0 Å². The largest absolute Gasteiger partial charge is 0.348 e. The fraction of sp³-hybridized carbons (Fsp3) is 0.412. The summed E-state index contributed by atoms with van der Waals surface area (Å²) in [4.78, 5) is 19.4. The van der Waals surface area contributed by atoms with Gasteiger partial charge in [0.1, 0.15) is 0 Å². The molecule has 1 N–H and O–H groups in total. The Morgan fingerprint density at radius 3 is 2.77 bits per heavy atom. The third-order valence-corrected chi connectivity index (χ3v) is 6.47. The van der Waals surface area contributed by atoms with Gasteiger partial charge in [-0.1, -0.05) is 29.4 Å². The molecule has 0 bridgehead atoms. The Balaban J connectivity index is 1.62. The maximum Gasteiger partial charge on any atom is 0.289 e. The van der Waals surface area contributed by atoms with Crippen LogP contribution in [0.15, 0.2) is 28.5 Å². The summed E-state index contributed by atoms with van der Waals surface area (Å²) in [7, 11) is 0. The molecule has 0 aliphatic carbocycles. The number of aryl methyl sites for hydroxylation is 1. The number of nitrogens with one attached hydrogen (secondary N) is 1. The van der Waals surface area contributed by atoms with Crippen LogP contribution in [0.5, 0.6) is 0 Å². The topological polar surface area (TPSA) is 45.2 Å². The number of amides is 1. The first kappa shape index (κ1) is 19.4. The molecule has 9 heteroatoms. The number of carbonyl (C=O) groups is 1. The fourth-order valence-corrected chi connectivity index (χ4v) is 4.64. The average molecular weight is 418 g/mol. The van der Waals surface area contributed by atoms with Gasteiger partial charge in [-0.15, -0.1) is 11.3 Å². The summed E-state index contributed by atoms with van der Waals surface area (Å²) < 4.78 is 25.5. The van der Waals surface area contributed by atoms with Gasteiger partial charge in [0, 0.05) is 24.4 Å². The molecule has 0 saturated carbocycles. The number of hydrogen-bond acceptors (Lipinski definition) is 5. The van der Waals surface area contributed by atoms with E-state index in [1.807, 2.05) is 12.3 Å². The summed E-state index contributed by atoms with van der Waals surface area (Å²) in [6.45, 7) is 3.46. The van der Waals surface area contributed by atoms with Crippen LogP contribution in [-0.4, -0.2) is 29.7 Å². The van der Waals surface area contributed by atoms with Gasteiger partial charge in [0.25, 0.3) is 5.76 Å². The summed E-state index contributed by atoms with van der Waals surface area (Å²) in [5.74, 6) is -2.91. The van der Waals surface area contributed by atoms with E-state index in [9.17, 15) is 13.6 Å². The van der Waals surface area contributed by atoms with Crippen molar-refractivity contribution in [2.24, 2.45) is 5.92 Å². The summed E-state index contributed by atoms with van der Waals surface area (Å²) in [6, 6.07) is 4.78. The number of benzene rings is 1. The Hall–Kier alpha value is -1.38. The van der Waals surface area contributed by atoms with Crippen molar-refractivity contribution in [1.29, 1.82) is 0 Å². The third-order valence-electron chi connectivity index (χ3n) is 4.17. The van der Waals surface area contributed by atoms with Gasteiger partial charge >= 0.3 is 0 Å². The average Bonchev–Trinajstić information content (AvgIpc) is 3.04. The second-order valence-corrected chi connectivity index (χ2v) is 8.26. The number of piperidine rings is 1. The van der Waals surface area contributed by atoms with Crippen LogP contribution in [0.3, 0.4) is 0 Å². The maximum atomic E-state index is 12.8. The van der Waals surface area contributed by atoms with Crippen molar-refractivity contribution in [2.75, 3.05) is 23.3 Å². The molecule has 1 amide bonds. The van der Waals surface area contributed by atoms with E-state index in [2.05, 4.69) is 15.2 Å². The van der Waals surface area contributed by atoms with Crippen molar-refractivity contribution < 1.29 is 13.6 Å². The zero-order chi connectivity index (χ0) is 18.7. The molecule has 0 radical (unpaired) electrons. The van der Waals surface area contributed by atoms with Crippen molar-refractivity contribution in [3.8, 4) is 0 Å². The molecule has 1 saturated heterocycles. The van der Waals surface area contributed by atoms with Gasteiger partial charge in [0.2, 0.25) is 5.91 Å². The predicted octanol–water partition coefficient (Wildman–Crippen LogP) is 5.27. The zero-order valence-corrected chi connectivity index (χ0v) is 16.4. The number of aromatic nitrogens is 1. The van der Waals surface area contributed by atoms with E-state index in [1.165, 1.54) is 6.07 Å². The van der Waals surface area contributed by atoms with Gasteiger partial charge in [-0.05, 0) is 31.9 Å². The normalized spacial score (nSPS) is 15.5. The molecule has 2 aromatic rings. The molecule has 2 heterocycles. The second-order valence-electron chi connectivity index (χ2n) is 6.02. The van der Waals surface area contributed by atoms with E-state index in [0.717, 1.165) is 23.9 Å². The molecular formula is C17H18ClF2N3OS2. The second kappa shape index (κ2) is 8.54. The van der Waals surface area contributed by atoms with E-state index in [1.54, 1.807) is 23.5 Å². The van der Waals surface area contributed by atoms with Crippen molar-refractivity contribution in [1.82, 2.24) is 4.98 Å². The van der Waals surface area contributed by atoms with Gasteiger partial charge in [-0.3, -0.25) is 4.79 Å². The van der Waals surface area contributed by atoms with E-state index in [4.69, 9.17) is 11.6 Å². The molecule has 1 fully saturated rings. The number of hydrogen-bond donors (Lipinski definition) is 1. The van der Waals surface area contributed by atoms with Gasteiger partial charge in [-0.25, -0.2) is 4.98 Å². The van der Waals surface area contributed by atoms with Gasteiger partial charge < -0.3 is 10.2 Å². The first-order chi connectivity index (χ1) is 12.4. The Labute approximate surface area is 163 Å². The number of nitrogens with zero attached hydrogens (tertiary/aromatic N) is 2. The van der Waals surface area contributed by atoms with Crippen LogP contribution in [0.1, 0.15) is 18.5 Å². The van der Waals surface area contributed by atoms with Crippen molar-refractivity contribution in [3.05, 3.63) is 34.3 Å². The Morgan fingerprint density at radius 1 is 1.42 bits per heavy atom. The van der Waals surface area contributed by atoms with E-state index >= 15 is 0 Å². The highest BCUT2D eigenvalue weighted by Gasteiger charge is 2.27. The molecule has 0 spiro atoms. The summed E-state index contributed by atoms with van der Waals surface area (Å²) in [6.07, 6.45) is 1.39. The number of thioether (sulfide) groups is 1. The summed E-state index contributed by atoms with van der Waals surface area (Å²) in [5, 5.41) is 5.97. The Morgan fingerprint density at radius 2 is 2.15 bits per heavy atom. The molecule has 1 aliphatic heterocycles. The maximum absolute atomic E-state index is 12.8. The molecule has 1 aromatic heterocycles. The summed E-state index contributed by atoms with van der Waals surface area (Å²) in [5.41, 5.74) is 1.33. The lowest BCUT2D eigenvalue weighted by molar-refractivity contribution is -0.120. The predicted molar refractivity (Wildman–Crippen MR) is 104 cm³/mol. The lowest BCUT2D eigenvalue weighted by atomic mass is 9.96. The molecule has 140 valence electrons. The lowest BCUT2D eigenvalue weighted by Gasteiger charge is -2.31. The number of halogens is 3. The number of alkyl halides is 2. The molecular weight excluding hydrogens is 400 g/mol. The highest BCUT2D eigenvalue weighted by molar-refractivity contribution is 7.99. The summed E-state index contributed by atoms with van der Waals surface area (Å²) >= 11 is 7.96. The highest BCUT2D eigenvalue weighted by atomic mass is 35.5. The quantitative estimate of drug-likeness (QED) is 0.672. The highest BCUT2D eigenvalue weighted by Crippen LogP contribution is 2.38. The minimum Gasteiger partial charge on any atom is -0.348 e. The molecule has 0 unspecified atom stereocenters. The Kier molecular flexibility index (Phi) is 6.37. The third kappa shape index (κ3) is 4.66.